The van der Waals surface area contributed by atoms with E-state index in [4.69, 9.17) is 15.2 Å². The molecule has 2 atom stereocenters. The summed E-state index contributed by atoms with van der Waals surface area (Å²) >= 11 is 0. The minimum absolute atomic E-state index is 0.0519. The van der Waals surface area contributed by atoms with E-state index in [9.17, 15) is 5.11 Å². The van der Waals surface area contributed by atoms with Crippen LogP contribution in [0.3, 0.4) is 0 Å². The Hall–Kier alpha value is -1.26. The summed E-state index contributed by atoms with van der Waals surface area (Å²) in [6.45, 7) is -0.0519. The van der Waals surface area contributed by atoms with E-state index in [0.29, 0.717) is 11.7 Å². The number of aliphatic hydroxyl groups is 1. The van der Waals surface area contributed by atoms with Crippen LogP contribution in [0.15, 0.2) is 24.3 Å². The molecular weight excluding hydrogens is 218 g/mol. The molecule has 0 aliphatic heterocycles. The number of nitrogens with two attached hydrogens (primary N) is 1. The van der Waals surface area contributed by atoms with Crippen molar-refractivity contribution in [3.05, 3.63) is 24.3 Å². The van der Waals surface area contributed by atoms with Crippen LogP contribution >= 0.6 is 0 Å². The van der Waals surface area contributed by atoms with E-state index in [2.05, 4.69) is 0 Å². The Morgan fingerprint density at radius 2 is 1.88 bits per heavy atom. The lowest BCUT2D eigenvalue weighted by Crippen LogP contribution is -2.43. The molecule has 17 heavy (non-hydrogen) atoms. The fraction of sp³-hybridized carbons (Fsp3) is 0.538. The first-order valence-corrected chi connectivity index (χ1v) is 5.91. The second-order valence-corrected chi connectivity index (χ2v) is 4.43. The molecule has 0 aromatic heterocycles. The second-order valence-electron chi connectivity index (χ2n) is 4.43. The molecule has 0 bridgehead atoms. The lowest BCUT2D eigenvalue weighted by atomic mass is 10.1. The standard InChI is InChI=1S/C13H19NO3/c1-16-10-4-6-11(7-5-10)17-12(8-15)13(14)9-2-3-9/h4-7,9,12-13,15H,2-3,8,14H2,1H3. The summed E-state index contributed by atoms with van der Waals surface area (Å²) in [7, 11) is 1.62. The van der Waals surface area contributed by atoms with E-state index in [1.54, 1.807) is 7.11 Å². The Balaban J connectivity index is 1.96. The van der Waals surface area contributed by atoms with Crippen molar-refractivity contribution in [1.82, 2.24) is 0 Å². The molecule has 1 aliphatic rings. The minimum atomic E-state index is -0.323. The first kappa shape index (κ1) is 12.2. The van der Waals surface area contributed by atoms with Crippen LogP contribution in [0.5, 0.6) is 11.5 Å². The summed E-state index contributed by atoms with van der Waals surface area (Å²) in [4.78, 5) is 0. The molecule has 2 rings (SSSR count). The van der Waals surface area contributed by atoms with Crippen molar-refractivity contribution in [3.63, 3.8) is 0 Å². The van der Waals surface area contributed by atoms with E-state index >= 15 is 0 Å². The van der Waals surface area contributed by atoms with Crippen molar-refractivity contribution in [3.8, 4) is 11.5 Å². The second kappa shape index (κ2) is 5.38. The van der Waals surface area contributed by atoms with Gasteiger partial charge in [-0.3, -0.25) is 0 Å². The summed E-state index contributed by atoms with van der Waals surface area (Å²) < 4.78 is 10.8. The van der Waals surface area contributed by atoms with Crippen LogP contribution in [0.2, 0.25) is 0 Å². The maximum Gasteiger partial charge on any atom is 0.137 e. The topological polar surface area (TPSA) is 64.7 Å². The smallest absolute Gasteiger partial charge is 0.137 e. The Bertz CT molecular complexity index is 348. The maximum atomic E-state index is 9.31. The zero-order valence-corrected chi connectivity index (χ0v) is 10.0. The Labute approximate surface area is 101 Å². The normalized spacial score (nSPS) is 18.5. The third-order valence-electron chi connectivity index (χ3n) is 3.12. The molecular formula is C13H19NO3. The predicted molar refractivity (Wildman–Crippen MR) is 65.2 cm³/mol. The van der Waals surface area contributed by atoms with Gasteiger partial charge < -0.3 is 20.3 Å². The largest absolute Gasteiger partial charge is 0.497 e. The fourth-order valence-electron chi connectivity index (χ4n) is 1.85. The molecule has 1 fully saturated rings. The molecule has 0 amide bonds. The van der Waals surface area contributed by atoms with Crippen molar-refractivity contribution < 1.29 is 14.6 Å². The molecule has 4 heteroatoms. The summed E-state index contributed by atoms with van der Waals surface area (Å²) in [6.07, 6.45) is 1.96. The van der Waals surface area contributed by atoms with Crippen LogP contribution in [0.4, 0.5) is 0 Å². The van der Waals surface area contributed by atoms with Gasteiger partial charge >= 0.3 is 0 Å². The highest BCUT2D eigenvalue weighted by molar-refractivity contribution is 5.31. The monoisotopic (exact) mass is 237 g/mol. The Kier molecular flexibility index (Phi) is 3.86. The minimum Gasteiger partial charge on any atom is -0.497 e. The Morgan fingerprint density at radius 3 is 2.35 bits per heavy atom. The van der Waals surface area contributed by atoms with Gasteiger partial charge in [0.1, 0.15) is 17.6 Å². The number of hydrogen-bond acceptors (Lipinski definition) is 4. The van der Waals surface area contributed by atoms with Gasteiger partial charge in [-0.25, -0.2) is 0 Å². The summed E-state index contributed by atoms with van der Waals surface area (Å²) in [6, 6.07) is 7.21. The summed E-state index contributed by atoms with van der Waals surface area (Å²) in [5.41, 5.74) is 6.03. The van der Waals surface area contributed by atoms with Crippen molar-refractivity contribution >= 4 is 0 Å². The highest BCUT2D eigenvalue weighted by Crippen LogP contribution is 2.33. The maximum absolute atomic E-state index is 9.31. The zero-order chi connectivity index (χ0) is 12.3. The van der Waals surface area contributed by atoms with Gasteiger partial charge in [-0.1, -0.05) is 0 Å². The van der Waals surface area contributed by atoms with Crippen molar-refractivity contribution in [1.29, 1.82) is 0 Å². The molecule has 1 aromatic carbocycles. The number of benzene rings is 1. The third kappa shape index (κ3) is 3.11. The predicted octanol–water partition coefficient (Wildman–Crippen LogP) is 1.17. The highest BCUT2D eigenvalue weighted by atomic mass is 16.5. The lowest BCUT2D eigenvalue weighted by molar-refractivity contribution is 0.0882. The molecule has 0 saturated heterocycles. The molecule has 1 saturated carbocycles. The number of aliphatic hydroxyl groups excluding tert-OH is 1. The lowest BCUT2D eigenvalue weighted by Gasteiger charge is -2.23. The number of hydrogen-bond donors (Lipinski definition) is 2. The quantitative estimate of drug-likeness (QED) is 0.779. The number of methoxy groups -OCH3 is 1. The third-order valence-corrected chi connectivity index (χ3v) is 3.12. The van der Waals surface area contributed by atoms with Gasteiger partial charge in [0.2, 0.25) is 0 Å². The first-order valence-electron chi connectivity index (χ1n) is 5.91. The van der Waals surface area contributed by atoms with Gasteiger partial charge in [-0.2, -0.15) is 0 Å². The molecule has 4 nitrogen and oxygen atoms in total. The molecule has 3 N–H and O–H groups in total. The van der Waals surface area contributed by atoms with Gasteiger partial charge in [0.15, 0.2) is 0 Å². The molecule has 2 unspecified atom stereocenters. The van der Waals surface area contributed by atoms with Gasteiger partial charge in [-0.05, 0) is 43.0 Å². The summed E-state index contributed by atoms with van der Waals surface area (Å²) in [5.74, 6) is 2.00. The molecule has 0 radical (unpaired) electrons. The van der Waals surface area contributed by atoms with Gasteiger partial charge in [0, 0.05) is 6.04 Å². The van der Waals surface area contributed by atoms with Crippen molar-refractivity contribution in [2.75, 3.05) is 13.7 Å². The van der Waals surface area contributed by atoms with Crippen LogP contribution < -0.4 is 15.2 Å². The Morgan fingerprint density at radius 1 is 1.29 bits per heavy atom. The van der Waals surface area contributed by atoms with Crippen LogP contribution in [-0.4, -0.2) is 31.0 Å². The van der Waals surface area contributed by atoms with Gasteiger partial charge in [0.05, 0.1) is 13.7 Å². The average molecular weight is 237 g/mol. The van der Waals surface area contributed by atoms with Crippen molar-refractivity contribution in [2.45, 2.75) is 25.0 Å². The van der Waals surface area contributed by atoms with E-state index in [1.165, 1.54) is 0 Å². The molecule has 94 valence electrons. The van der Waals surface area contributed by atoms with E-state index in [-0.39, 0.29) is 18.8 Å². The van der Waals surface area contributed by atoms with Crippen LogP contribution in [0.1, 0.15) is 12.8 Å². The molecule has 1 aliphatic carbocycles. The number of ether oxygens (including phenoxy) is 2. The fourth-order valence-corrected chi connectivity index (χ4v) is 1.85. The molecule has 0 heterocycles. The molecule has 0 spiro atoms. The van der Waals surface area contributed by atoms with Crippen LogP contribution in [0.25, 0.3) is 0 Å². The van der Waals surface area contributed by atoms with Gasteiger partial charge in [-0.15, -0.1) is 0 Å². The molecule has 1 aromatic rings. The van der Waals surface area contributed by atoms with E-state index in [1.807, 2.05) is 24.3 Å². The number of rotatable bonds is 6. The van der Waals surface area contributed by atoms with E-state index < -0.39 is 0 Å². The zero-order valence-electron chi connectivity index (χ0n) is 10.0. The summed E-state index contributed by atoms with van der Waals surface area (Å²) in [5, 5.41) is 9.31. The highest BCUT2D eigenvalue weighted by Gasteiger charge is 2.34. The van der Waals surface area contributed by atoms with Gasteiger partial charge in [0.25, 0.3) is 0 Å². The van der Waals surface area contributed by atoms with Crippen LogP contribution in [-0.2, 0) is 0 Å². The van der Waals surface area contributed by atoms with Crippen molar-refractivity contribution in [2.24, 2.45) is 11.7 Å². The average Bonchev–Trinajstić information content (AvgIpc) is 3.20. The first-order chi connectivity index (χ1) is 8.24. The van der Waals surface area contributed by atoms with Crippen LogP contribution in [0, 0.1) is 5.92 Å². The van der Waals surface area contributed by atoms with E-state index in [0.717, 1.165) is 18.6 Å². The SMILES string of the molecule is COc1ccc(OC(CO)C(N)C2CC2)cc1.